The first-order valence-electron chi connectivity index (χ1n) is 11.4. The normalized spacial score (nSPS) is 19.6. The van der Waals surface area contributed by atoms with Crippen LogP contribution in [0.2, 0.25) is 0 Å². The summed E-state index contributed by atoms with van der Waals surface area (Å²) < 4.78 is 33.7. The van der Waals surface area contributed by atoms with E-state index < -0.39 is 33.7 Å². The molecule has 0 amide bonds. The Hall–Kier alpha value is -2.32. The molecule has 0 radical (unpaired) electrons. The molecule has 0 aliphatic heterocycles. The Morgan fingerprint density at radius 2 is 2.00 bits per heavy atom. The molecule has 7 nitrogen and oxygen atoms in total. The third-order valence-electron chi connectivity index (χ3n) is 6.27. The number of carbonyl (C=O) groups excluding carboxylic acids is 1. The fraction of sp³-hybridized carbons (Fsp3) is 0.560. The molecule has 1 aromatic rings. The fourth-order valence-electron chi connectivity index (χ4n) is 4.51. The molecule has 0 aromatic heterocycles. The fourth-order valence-corrected chi connectivity index (χ4v) is 6.06. The molecule has 1 aromatic carbocycles. The van der Waals surface area contributed by atoms with Crippen molar-refractivity contribution in [2.45, 2.75) is 83.1 Å². The summed E-state index contributed by atoms with van der Waals surface area (Å²) in [5, 5.41) is 22.3. The van der Waals surface area contributed by atoms with Crippen molar-refractivity contribution in [1.29, 1.82) is 0 Å². The number of carbonyl (C=O) groups is 1. The zero-order chi connectivity index (χ0) is 24.9. The highest BCUT2D eigenvalue weighted by Gasteiger charge is 2.35. The van der Waals surface area contributed by atoms with E-state index >= 15 is 0 Å². The van der Waals surface area contributed by atoms with E-state index in [1.165, 1.54) is 20.1 Å². The molecule has 0 bridgehead atoms. The molecule has 3 atom stereocenters. The van der Waals surface area contributed by atoms with Crippen molar-refractivity contribution in [1.82, 2.24) is 4.72 Å². The van der Waals surface area contributed by atoms with Crippen LogP contribution in [0, 0.1) is 5.92 Å². The Kier molecular flexibility index (Phi) is 9.14. The van der Waals surface area contributed by atoms with Gasteiger partial charge in [-0.25, -0.2) is 8.42 Å². The van der Waals surface area contributed by atoms with Gasteiger partial charge in [0.1, 0.15) is 22.4 Å². The SMILES string of the molecule is C=C(C)C1CCC(C)=CC1c1c(O)cc(CCCCC)c(S(=O)(=O)NC(C)C(=O)OC)c1O. The molecule has 184 valence electrons. The van der Waals surface area contributed by atoms with Gasteiger partial charge in [-0.1, -0.05) is 43.6 Å². The number of rotatable bonds is 10. The van der Waals surface area contributed by atoms with Crippen LogP contribution in [0.1, 0.15) is 76.8 Å². The summed E-state index contributed by atoms with van der Waals surface area (Å²) in [5.74, 6) is -1.81. The number of allylic oxidation sites excluding steroid dienone is 3. The number of phenolic OH excluding ortho intramolecular Hbond substituents is 2. The van der Waals surface area contributed by atoms with E-state index in [0.29, 0.717) is 18.4 Å². The van der Waals surface area contributed by atoms with Gasteiger partial charge in [0.2, 0.25) is 10.0 Å². The summed E-state index contributed by atoms with van der Waals surface area (Å²) in [4.78, 5) is 11.6. The van der Waals surface area contributed by atoms with Crippen LogP contribution in [0.4, 0.5) is 0 Å². The van der Waals surface area contributed by atoms with Crippen LogP contribution in [0.15, 0.2) is 34.8 Å². The van der Waals surface area contributed by atoms with Crippen LogP contribution in [-0.4, -0.2) is 37.8 Å². The third kappa shape index (κ3) is 6.18. The summed E-state index contributed by atoms with van der Waals surface area (Å²) in [7, 11) is -3.12. The standard InChI is InChI=1S/C25H37NO6S/c1-7-8-9-10-18-14-21(27)22(20-13-16(4)11-12-19(20)15(2)3)23(28)24(18)33(30,31)26-17(5)25(29)32-6/h13-14,17,19-20,26-28H,2,7-12H2,1,3-6H3. The molecule has 0 heterocycles. The Bertz CT molecular complexity index is 1030. The van der Waals surface area contributed by atoms with Crippen LogP contribution < -0.4 is 4.72 Å². The quantitative estimate of drug-likeness (QED) is 0.255. The second-order valence-corrected chi connectivity index (χ2v) is 10.7. The highest BCUT2D eigenvalue weighted by Crippen LogP contribution is 2.49. The second-order valence-electron chi connectivity index (χ2n) is 9.00. The van der Waals surface area contributed by atoms with Gasteiger partial charge in [-0.05, 0) is 64.0 Å². The number of nitrogens with one attached hydrogen (secondary N) is 1. The Morgan fingerprint density at radius 1 is 1.33 bits per heavy atom. The Balaban J connectivity index is 2.71. The summed E-state index contributed by atoms with van der Waals surface area (Å²) >= 11 is 0. The molecular weight excluding hydrogens is 442 g/mol. The maximum absolute atomic E-state index is 13.4. The number of hydrogen-bond acceptors (Lipinski definition) is 6. The summed E-state index contributed by atoms with van der Waals surface area (Å²) in [5.41, 5.74) is 2.49. The number of aryl methyl sites for hydroxylation is 1. The number of benzene rings is 1. The highest BCUT2D eigenvalue weighted by atomic mass is 32.2. The first kappa shape index (κ1) is 26.9. The Labute approximate surface area is 197 Å². The molecule has 3 unspecified atom stereocenters. The lowest BCUT2D eigenvalue weighted by molar-refractivity contribution is -0.142. The van der Waals surface area contributed by atoms with E-state index in [1.807, 2.05) is 26.8 Å². The Morgan fingerprint density at radius 3 is 2.58 bits per heavy atom. The van der Waals surface area contributed by atoms with E-state index in [4.69, 9.17) is 0 Å². The van der Waals surface area contributed by atoms with Gasteiger partial charge in [0.25, 0.3) is 0 Å². The van der Waals surface area contributed by atoms with E-state index in [0.717, 1.165) is 36.8 Å². The predicted octanol–water partition coefficient (Wildman–Crippen LogP) is 4.69. The number of esters is 1. The molecule has 0 fully saturated rings. The lowest BCUT2D eigenvalue weighted by atomic mass is 9.73. The molecule has 0 saturated heterocycles. The van der Waals surface area contributed by atoms with E-state index in [2.05, 4.69) is 16.0 Å². The summed E-state index contributed by atoms with van der Waals surface area (Å²) in [6.45, 7) is 11.4. The van der Waals surface area contributed by atoms with Gasteiger partial charge in [-0.15, -0.1) is 0 Å². The van der Waals surface area contributed by atoms with E-state index in [9.17, 15) is 23.4 Å². The minimum atomic E-state index is -4.30. The first-order chi connectivity index (χ1) is 15.4. The number of sulfonamides is 1. The predicted molar refractivity (Wildman–Crippen MR) is 129 cm³/mol. The zero-order valence-corrected chi connectivity index (χ0v) is 21.1. The van der Waals surface area contributed by atoms with Gasteiger partial charge in [-0.3, -0.25) is 4.79 Å². The molecule has 2 rings (SSSR count). The second kappa shape index (κ2) is 11.2. The molecule has 33 heavy (non-hydrogen) atoms. The van der Waals surface area contributed by atoms with E-state index in [1.54, 1.807) is 0 Å². The number of hydrogen-bond donors (Lipinski definition) is 3. The highest BCUT2D eigenvalue weighted by molar-refractivity contribution is 7.89. The molecule has 1 aliphatic carbocycles. The summed E-state index contributed by atoms with van der Waals surface area (Å²) in [6, 6.07) is 0.301. The average Bonchev–Trinajstić information content (AvgIpc) is 2.72. The van der Waals surface area contributed by atoms with E-state index in [-0.39, 0.29) is 22.1 Å². The number of aromatic hydroxyl groups is 2. The smallest absolute Gasteiger partial charge is 0.323 e. The largest absolute Gasteiger partial charge is 0.507 e. The lowest BCUT2D eigenvalue weighted by Crippen LogP contribution is -2.39. The monoisotopic (exact) mass is 479 g/mol. The average molecular weight is 480 g/mol. The lowest BCUT2D eigenvalue weighted by Gasteiger charge is -2.32. The van der Waals surface area contributed by atoms with Crippen LogP contribution in [0.5, 0.6) is 11.5 Å². The van der Waals surface area contributed by atoms with Crippen molar-refractivity contribution >= 4 is 16.0 Å². The minimum absolute atomic E-state index is 0.0473. The summed E-state index contributed by atoms with van der Waals surface area (Å²) in [6.07, 6.45) is 6.49. The van der Waals surface area contributed by atoms with Crippen molar-refractivity contribution in [3.05, 3.63) is 41.0 Å². The molecule has 8 heteroatoms. The van der Waals surface area contributed by atoms with Crippen LogP contribution in [0.3, 0.4) is 0 Å². The van der Waals surface area contributed by atoms with Gasteiger partial charge in [0.15, 0.2) is 0 Å². The maximum atomic E-state index is 13.4. The van der Waals surface area contributed by atoms with Crippen molar-refractivity contribution in [3.8, 4) is 11.5 Å². The molecular formula is C25H37NO6S. The molecule has 0 saturated carbocycles. The molecule has 0 spiro atoms. The van der Waals surface area contributed by atoms with Crippen LogP contribution >= 0.6 is 0 Å². The van der Waals surface area contributed by atoms with Gasteiger partial charge in [0, 0.05) is 11.5 Å². The van der Waals surface area contributed by atoms with Crippen LogP contribution in [-0.2, 0) is 26.0 Å². The topological polar surface area (TPSA) is 113 Å². The van der Waals surface area contributed by atoms with Gasteiger partial charge < -0.3 is 14.9 Å². The van der Waals surface area contributed by atoms with Crippen LogP contribution in [0.25, 0.3) is 0 Å². The molecule has 3 N–H and O–H groups in total. The van der Waals surface area contributed by atoms with Crippen molar-refractivity contribution in [2.75, 3.05) is 7.11 Å². The minimum Gasteiger partial charge on any atom is -0.507 e. The van der Waals surface area contributed by atoms with Crippen molar-refractivity contribution < 1.29 is 28.2 Å². The zero-order valence-electron chi connectivity index (χ0n) is 20.3. The van der Waals surface area contributed by atoms with Crippen molar-refractivity contribution in [3.63, 3.8) is 0 Å². The van der Waals surface area contributed by atoms with Gasteiger partial charge in [0.05, 0.1) is 7.11 Å². The van der Waals surface area contributed by atoms with Crippen molar-refractivity contribution in [2.24, 2.45) is 5.92 Å². The maximum Gasteiger partial charge on any atom is 0.323 e. The molecule has 1 aliphatic rings. The van der Waals surface area contributed by atoms with Gasteiger partial charge >= 0.3 is 5.97 Å². The first-order valence-corrected chi connectivity index (χ1v) is 12.9. The number of unbranched alkanes of at least 4 members (excludes halogenated alkanes) is 2. The third-order valence-corrected chi connectivity index (χ3v) is 7.92. The number of methoxy groups -OCH3 is 1. The number of ether oxygens (including phenoxy) is 1. The van der Waals surface area contributed by atoms with Gasteiger partial charge in [-0.2, -0.15) is 4.72 Å². The number of phenols is 2.